The standard InChI is InChI=1S/C15H11ClO3/c16-9-3-1-8(2-4-9)13-12-7-10(17)5-6-11(12)14(18)15(13)19/h1-7,13,15,17,19H. The predicted octanol–water partition coefficient (Wildman–Crippen LogP) is 2.73. The van der Waals surface area contributed by atoms with Crippen molar-refractivity contribution in [3.63, 3.8) is 0 Å². The summed E-state index contributed by atoms with van der Waals surface area (Å²) in [6, 6.07) is 11.5. The molecule has 0 fully saturated rings. The molecule has 0 spiro atoms. The van der Waals surface area contributed by atoms with Crippen molar-refractivity contribution in [2.75, 3.05) is 0 Å². The Morgan fingerprint density at radius 2 is 1.74 bits per heavy atom. The Bertz CT molecular complexity index is 649. The van der Waals surface area contributed by atoms with E-state index in [9.17, 15) is 15.0 Å². The first kappa shape index (κ1) is 12.2. The minimum Gasteiger partial charge on any atom is -0.508 e. The molecule has 0 radical (unpaired) electrons. The van der Waals surface area contributed by atoms with Crippen molar-refractivity contribution in [1.29, 1.82) is 0 Å². The van der Waals surface area contributed by atoms with Gasteiger partial charge in [-0.25, -0.2) is 0 Å². The molecule has 19 heavy (non-hydrogen) atoms. The normalized spacial score (nSPS) is 21.5. The number of phenolic OH excluding ortho intramolecular Hbond substituents is 1. The Balaban J connectivity index is 2.15. The van der Waals surface area contributed by atoms with E-state index in [1.54, 1.807) is 30.3 Å². The van der Waals surface area contributed by atoms with Crippen LogP contribution in [0.5, 0.6) is 5.75 Å². The molecule has 0 amide bonds. The number of carbonyl (C=O) groups excluding carboxylic acids is 1. The minimum atomic E-state index is -1.11. The molecule has 3 nitrogen and oxygen atoms in total. The first-order chi connectivity index (χ1) is 9.08. The van der Waals surface area contributed by atoms with Gasteiger partial charge in [-0.3, -0.25) is 4.79 Å². The summed E-state index contributed by atoms with van der Waals surface area (Å²) in [5.41, 5.74) is 1.92. The second kappa shape index (κ2) is 4.37. The first-order valence-electron chi connectivity index (χ1n) is 5.88. The quantitative estimate of drug-likeness (QED) is 0.841. The Morgan fingerprint density at radius 1 is 1.05 bits per heavy atom. The fraction of sp³-hybridized carbons (Fsp3) is 0.133. The number of aromatic hydroxyl groups is 1. The lowest BCUT2D eigenvalue weighted by atomic mass is 9.91. The van der Waals surface area contributed by atoms with Gasteiger partial charge in [-0.05, 0) is 41.5 Å². The zero-order valence-corrected chi connectivity index (χ0v) is 10.6. The number of Topliss-reactive ketones (excluding diaryl/α,β-unsaturated/α-hetero) is 1. The molecular weight excluding hydrogens is 264 g/mol. The molecule has 2 N–H and O–H groups in total. The van der Waals surface area contributed by atoms with Crippen LogP contribution >= 0.6 is 11.6 Å². The molecule has 4 heteroatoms. The highest BCUT2D eigenvalue weighted by atomic mass is 35.5. The van der Waals surface area contributed by atoms with Crippen LogP contribution in [0.15, 0.2) is 42.5 Å². The smallest absolute Gasteiger partial charge is 0.192 e. The molecule has 1 aliphatic carbocycles. The fourth-order valence-corrected chi connectivity index (χ4v) is 2.67. The van der Waals surface area contributed by atoms with Crippen LogP contribution in [0.4, 0.5) is 0 Å². The van der Waals surface area contributed by atoms with Gasteiger partial charge in [0.1, 0.15) is 11.9 Å². The first-order valence-corrected chi connectivity index (χ1v) is 6.26. The molecule has 2 atom stereocenters. The third-order valence-corrected chi connectivity index (χ3v) is 3.70. The van der Waals surface area contributed by atoms with E-state index in [-0.39, 0.29) is 11.5 Å². The van der Waals surface area contributed by atoms with Gasteiger partial charge in [0.2, 0.25) is 0 Å². The lowest BCUT2D eigenvalue weighted by Gasteiger charge is -2.15. The molecule has 2 unspecified atom stereocenters. The van der Waals surface area contributed by atoms with Crippen LogP contribution in [-0.4, -0.2) is 22.1 Å². The van der Waals surface area contributed by atoms with Crippen molar-refractivity contribution in [3.05, 3.63) is 64.2 Å². The number of fused-ring (bicyclic) bond motifs is 1. The second-order valence-electron chi connectivity index (χ2n) is 4.61. The van der Waals surface area contributed by atoms with E-state index in [1.165, 1.54) is 12.1 Å². The van der Waals surface area contributed by atoms with Gasteiger partial charge in [-0.15, -0.1) is 0 Å². The summed E-state index contributed by atoms with van der Waals surface area (Å²) >= 11 is 5.84. The van der Waals surface area contributed by atoms with E-state index in [2.05, 4.69) is 0 Å². The van der Waals surface area contributed by atoms with Crippen molar-refractivity contribution >= 4 is 17.4 Å². The van der Waals surface area contributed by atoms with Gasteiger partial charge in [0.25, 0.3) is 0 Å². The van der Waals surface area contributed by atoms with Crippen molar-refractivity contribution in [2.24, 2.45) is 0 Å². The van der Waals surface area contributed by atoms with Crippen molar-refractivity contribution in [2.45, 2.75) is 12.0 Å². The van der Waals surface area contributed by atoms with E-state index in [4.69, 9.17) is 11.6 Å². The topological polar surface area (TPSA) is 57.5 Å². The Hall–Kier alpha value is -1.84. The van der Waals surface area contributed by atoms with Crippen LogP contribution in [0.2, 0.25) is 5.02 Å². The molecule has 0 bridgehead atoms. The summed E-state index contributed by atoms with van der Waals surface area (Å²) in [5.74, 6) is -0.679. The van der Waals surface area contributed by atoms with E-state index < -0.39 is 12.0 Å². The lowest BCUT2D eigenvalue weighted by molar-refractivity contribution is 0.0754. The molecule has 0 aromatic heterocycles. The Morgan fingerprint density at radius 3 is 2.42 bits per heavy atom. The second-order valence-corrected chi connectivity index (χ2v) is 5.05. The number of halogens is 1. The van der Waals surface area contributed by atoms with Crippen LogP contribution in [0.3, 0.4) is 0 Å². The minimum absolute atomic E-state index is 0.0830. The zero-order valence-electron chi connectivity index (χ0n) is 9.88. The average Bonchev–Trinajstić information content (AvgIpc) is 2.63. The fourth-order valence-electron chi connectivity index (χ4n) is 2.54. The van der Waals surface area contributed by atoms with Gasteiger partial charge in [0, 0.05) is 16.5 Å². The monoisotopic (exact) mass is 274 g/mol. The van der Waals surface area contributed by atoms with E-state index in [0.717, 1.165) is 5.56 Å². The molecule has 0 saturated carbocycles. The molecule has 0 saturated heterocycles. The van der Waals surface area contributed by atoms with Gasteiger partial charge in [-0.1, -0.05) is 23.7 Å². The third kappa shape index (κ3) is 1.91. The largest absolute Gasteiger partial charge is 0.508 e. The molecule has 0 heterocycles. The SMILES string of the molecule is O=C1c2ccc(O)cc2C(c2ccc(Cl)cc2)C1O. The maximum Gasteiger partial charge on any atom is 0.192 e. The number of phenols is 1. The lowest BCUT2D eigenvalue weighted by Crippen LogP contribution is -2.20. The summed E-state index contributed by atoms with van der Waals surface area (Å²) in [4.78, 5) is 12.0. The molecule has 2 aromatic carbocycles. The van der Waals surface area contributed by atoms with Crippen LogP contribution < -0.4 is 0 Å². The number of ketones is 1. The van der Waals surface area contributed by atoms with Gasteiger partial charge in [0.15, 0.2) is 5.78 Å². The summed E-state index contributed by atoms with van der Waals surface area (Å²) < 4.78 is 0. The van der Waals surface area contributed by atoms with Crippen LogP contribution in [0.1, 0.15) is 27.4 Å². The third-order valence-electron chi connectivity index (χ3n) is 3.45. The molecule has 2 aromatic rings. The highest BCUT2D eigenvalue weighted by Gasteiger charge is 2.39. The number of aliphatic hydroxyl groups is 1. The van der Waals surface area contributed by atoms with Gasteiger partial charge < -0.3 is 10.2 Å². The number of carbonyl (C=O) groups is 1. The predicted molar refractivity (Wildman–Crippen MR) is 71.7 cm³/mol. The number of hydrogen-bond donors (Lipinski definition) is 2. The van der Waals surface area contributed by atoms with Crippen molar-refractivity contribution in [1.82, 2.24) is 0 Å². The summed E-state index contributed by atoms with van der Waals surface area (Å²) in [6.07, 6.45) is -1.11. The molecule has 96 valence electrons. The van der Waals surface area contributed by atoms with E-state index >= 15 is 0 Å². The summed E-state index contributed by atoms with van der Waals surface area (Å²) in [6.45, 7) is 0. The number of hydrogen-bond acceptors (Lipinski definition) is 3. The molecular formula is C15H11ClO3. The zero-order chi connectivity index (χ0) is 13.6. The van der Waals surface area contributed by atoms with Gasteiger partial charge in [0.05, 0.1) is 0 Å². The number of rotatable bonds is 1. The van der Waals surface area contributed by atoms with Crippen LogP contribution in [0, 0.1) is 0 Å². The van der Waals surface area contributed by atoms with Gasteiger partial charge >= 0.3 is 0 Å². The van der Waals surface area contributed by atoms with E-state index in [0.29, 0.717) is 16.1 Å². The summed E-state index contributed by atoms with van der Waals surface area (Å²) in [5, 5.41) is 20.3. The molecule has 3 rings (SSSR count). The van der Waals surface area contributed by atoms with Crippen molar-refractivity contribution < 1.29 is 15.0 Å². The highest BCUT2D eigenvalue weighted by Crippen LogP contribution is 2.40. The van der Waals surface area contributed by atoms with Crippen molar-refractivity contribution in [3.8, 4) is 5.75 Å². The van der Waals surface area contributed by atoms with E-state index in [1.807, 2.05) is 0 Å². The highest BCUT2D eigenvalue weighted by molar-refractivity contribution is 6.30. The average molecular weight is 275 g/mol. The maximum absolute atomic E-state index is 12.0. The van der Waals surface area contributed by atoms with Crippen LogP contribution in [-0.2, 0) is 0 Å². The Kier molecular flexibility index (Phi) is 2.81. The Labute approximate surface area is 115 Å². The number of benzene rings is 2. The summed E-state index contributed by atoms with van der Waals surface area (Å²) in [7, 11) is 0. The van der Waals surface area contributed by atoms with Crippen LogP contribution in [0.25, 0.3) is 0 Å². The molecule has 0 aliphatic heterocycles. The van der Waals surface area contributed by atoms with Gasteiger partial charge in [-0.2, -0.15) is 0 Å². The molecule has 1 aliphatic rings. The number of aliphatic hydroxyl groups excluding tert-OH is 1. The maximum atomic E-state index is 12.0.